The van der Waals surface area contributed by atoms with Gasteiger partial charge in [-0.05, 0) is 62.9 Å². The van der Waals surface area contributed by atoms with E-state index in [9.17, 15) is 4.79 Å². The van der Waals surface area contributed by atoms with E-state index < -0.39 is 0 Å². The van der Waals surface area contributed by atoms with Crippen molar-refractivity contribution in [1.82, 2.24) is 29.5 Å². The van der Waals surface area contributed by atoms with Crippen molar-refractivity contribution in [3.8, 4) is 5.75 Å². The zero-order valence-electron chi connectivity index (χ0n) is 24.6. The summed E-state index contributed by atoms with van der Waals surface area (Å²) in [6.45, 7) is 12.1. The van der Waals surface area contributed by atoms with Gasteiger partial charge in [-0.15, -0.1) is 11.3 Å². The van der Waals surface area contributed by atoms with E-state index in [1.165, 1.54) is 16.9 Å². The Morgan fingerprint density at radius 1 is 1.14 bits per heavy atom. The van der Waals surface area contributed by atoms with E-state index in [4.69, 9.17) is 9.47 Å². The third-order valence-electron chi connectivity index (χ3n) is 7.93. The molecule has 11 heteroatoms. The smallest absolute Gasteiger partial charge is 0.264 e. The van der Waals surface area contributed by atoms with Crippen molar-refractivity contribution in [2.75, 3.05) is 44.7 Å². The molecule has 3 aromatic heterocycles. The molecule has 10 nitrogen and oxygen atoms in total. The van der Waals surface area contributed by atoms with Crippen molar-refractivity contribution in [3.05, 3.63) is 64.6 Å². The summed E-state index contributed by atoms with van der Waals surface area (Å²) in [7, 11) is 0. The van der Waals surface area contributed by atoms with Crippen LogP contribution in [-0.4, -0.2) is 87.0 Å². The summed E-state index contributed by atoms with van der Waals surface area (Å²) >= 11 is 1.46. The molecule has 1 N–H and O–H groups in total. The Bertz CT molecular complexity index is 1510. The molecular formula is C31H39N7O3S. The molecule has 2 fully saturated rings. The Hall–Kier alpha value is -3.54. The number of nitrogens with zero attached hydrogens (tertiary/aromatic N) is 6. The number of carbonyl (C=O) groups excluding carboxylic acids is 1. The number of morpholine rings is 1. The normalized spacial score (nSPS) is 16.8. The van der Waals surface area contributed by atoms with Gasteiger partial charge in [0.25, 0.3) is 5.91 Å². The second-order valence-electron chi connectivity index (χ2n) is 11.4. The van der Waals surface area contributed by atoms with E-state index in [0.29, 0.717) is 38.9 Å². The number of aromatic nitrogens is 4. The van der Waals surface area contributed by atoms with Crippen LogP contribution in [0, 0.1) is 6.92 Å². The fourth-order valence-electron chi connectivity index (χ4n) is 5.77. The van der Waals surface area contributed by atoms with E-state index in [1.807, 2.05) is 28.8 Å². The van der Waals surface area contributed by atoms with Crippen molar-refractivity contribution in [2.24, 2.45) is 0 Å². The maximum absolute atomic E-state index is 13.2. The Labute approximate surface area is 250 Å². The van der Waals surface area contributed by atoms with Crippen LogP contribution in [-0.2, 0) is 17.8 Å². The zero-order chi connectivity index (χ0) is 29.1. The van der Waals surface area contributed by atoms with Gasteiger partial charge in [0.2, 0.25) is 0 Å². The second-order valence-corrected chi connectivity index (χ2v) is 12.4. The van der Waals surface area contributed by atoms with Crippen LogP contribution >= 0.6 is 11.3 Å². The van der Waals surface area contributed by atoms with Crippen LogP contribution in [0.2, 0.25) is 0 Å². The van der Waals surface area contributed by atoms with Crippen molar-refractivity contribution in [3.63, 3.8) is 0 Å². The standard InChI is InChI=1S/C31H39N7O3S/c1-21(2)41-26-6-5-23(17-24(26)19-38-10-4-9-34-38)18-36-11-7-25(8-12-36)35-29-27-22(3)28(42-30(27)33-20-32-29)31(39)37-13-15-40-16-14-37/h4-6,9-10,17,20-21,25H,7-8,11-16,18-19H2,1-3H3,(H,32,33,35). The highest BCUT2D eigenvalue weighted by Crippen LogP contribution is 2.35. The van der Waals surface area contributed by atoms with E-state index in [0.717, 1.165) is 70.3 Å². The Morgan fingerprint density at radius 3 is 2.69 bits per heavy atom. The monoisotopic (exact) mass is 589 g/mol. The SMILES string of the molecule is Cc1c(C(=O)N2CCOCC2)sc2ncnc(NC3CCN(Cc4ccc(OC(C)C)c(Cn5cccn5)c4)CC3)c12. The number of likely N-dealkylation sites (tertiary alicyclic amines) is 1. The molecule has 0 aliphatic carbocycles. The molecule has 0 saturated carbocycles. The van der Waals surface area contributed by atoms with Crippen molar-refractivity contribution < 1.29 is 14.3 Å². The van der Waals surface area contributed by atoms with E-state index in [1.54, 1.807) is 12.5 Å². The van der Waals surface area contributed by atoms with Crippen LogP contribution in [0.5, 0.6) is 5.75 Å². The molecule has 2 aliphatic rings. The lowest BCUT2D eigenvalue weighted by Gasteiger charge is -2.33. The summed E-state index contributed by atoms with van der Waals surface area (Å²) < 4.78 is 13.5. The average molecular weight is 590 g/mol. The molecule has 0 radical (unpaired) electrons. The number of piperidine rings is 1. The quantitative estimate of drug-likeness (QED) is 0.303. The van der Waals surface area contributed by atoms with Gasteiger partial charge in [0.05, 0.1) is 36.1 Å². The number of anilines is 1. The molecule has 2 aliphatic heterocycles. The van der Waals surface area contributed by atoms with Crippen molar-refractivity contribution >= 4 is 33.3 Å². The van der Waals surface area contributed by atoms with Crippen LogP contribution in [0.3, 0.4) is 0 Å². The minimum atomic E-state index is 0.0645. The predicted molar refractivity (Wildman–Crippen MR) is 164 cm³/mol. The van der Waals surface area contributed by atoms with Crippen LogP contribution in [0.1, 0.15) is 53.1 Å². The third kappa shape index (κ3) is 6.43. The number of nitrogens with one attached hydrogen (secondary N) is 1. The van der Waals surface area contributed by atoms with Crippen LogP contribution < -0.4 is 10.1 Å². The fourth-order valence-corrected chi connectivity index (χ4v) is 6.89. The van der Waals surface area contributed by atoms with Crippen LogP contribution in [0.4, 0.5) is 5.82 Å². The lowest BCUT2D eigenvalue weighted by molar-refractivity contribution is 0.0306. The maximum Gasteiger partial charge on any atom is 0.264 e. The van der Waals surface area contributed by atoms with Crippen molar-refractivity contribution in [2.45, 2.75) is 58.8 Å². The highest BCUT2D eigenvalue weighted by Gasteiger charge is 2.26. The summed E-state index contributed by atoms with van der Waals surface area (Å²) in [5.41, 5.74) is 3.39. The predicted octanol–water partition coefficient (Wildman–Crippen LogP) is 4.58. The van der Waals surface area contributed by atoms with Crippen LogP contribution in [0.15, 0.2) is 43.0 Å². The number of amides is 1. The minimum Gasteiger partial charge on any atom is -0.491 e. The van der Waals surface area contributed by atoms with Gasteiger partial charge in [0.15, 0.2) is 0 Å². The number of ether oxygens (including phenoxy) is 2. The lowest BCUT2D eigenvalue weighted by atomic mass is 10.0. The molecule has 1 aromatic carbocycles. The summed E-state index contributed by atoms with van der Waals surface area (Å²) in [6, 6.07) is 8.80. The average Bonchev–Trinajstić information content (AvgIpc) is 3.63. The first kappa shape index (κ1) is 28.6. The molecule has 4 aromatic rings. The van der Waals surface area contributed by atoms with Gasteiger partial charge in [-0.1, -0.05) is 6.07 Å². The first-order chi connectivity index (χ1) is 20.4. The van der Waals surface area contributed by atoms with Gasteiger partial charge in [-0.2, -0.15) is 5.10 Å². The Balaban J connectivity index is 1.10. The summed E-state index contributed by atoms with van der Waals surface area (Å²) in [6.07, 6.45) is 7.54. The minimum absolute atomic E-state index is 0.0645. The highest BCUT2D eigenvalue weighted by atomic mass is 32.1. The Morgan fingerprint density at radius 2 is 1.95 bits per heavy atom. The molecule has 0 unspecified atom stereocenters. The van der Waals surface area contributed by atoms with E-state index >= 15 is 0 Å². The molecule has 0 atom stereocenters. The number of fused-ring (bicyclic) bond motifs is 1. The largest absolute Gasteiger partial charge is 0.491 e. The number of aryl methyl sites for hydroxylation is 1. The molecule has 222 valence electrons. The van der Waals surface area contributed by atoms with Gasteiger partial charge < -0.3 is 19.7 Å². The molecule has 6 rings (SSSR count). The topological polar surface area (TPSA) is 97.6 Å². The van der Waals surface area contributed by atoms with E-state index in [2.05, 4.69) is 57.3 Å². The molecule has 42 heavy (non-hydrogen) atoms. The van der Waals surface area contributed by atoms with Crippen molar-refractivity contribution in [1.29, 1.82) is 0 Å². The number of hydrogen-bond donors (Lipinski definition) is 1. The van der Waals surface area contributed by atoms with Gasteiger partial charge in [-0.25, -0.2) is 9.97 Å². The number of carbonyl (C=O) groups is 1. The van der Waals surface area contributed by atoms with Gasteiger partial charge >= 0.3 is 0 Å². The summed E-state index contributed by atoms with van der Waals surface area (Å²) in [5.74, 6) is 1.81. The number of hydrogen-bond acceptors (Lipinski definition) is 9. The number of thiophene rings is 1. The summed E-state index contributed by atoms with van der Waals surface area (Å²) in [4.78, 5) is 28.4. The molecule has 2 saturated heterocycles. The number of benzene rings is 1. The lowest BCUT2D eigenvalue weighted by Crippen LogP contribution is -2.40. The molecule has 0 spiro atoms. The molecular weight excluding hydrogens is 550 g/mol. The van der Waals surface area contributed by atoms with Gasteiger partial charge in [-0.3, -0.25) is 14.4 Å². The third-order valence-corrected chi connectivity index (χ3v) is 9.12. The fraction of sp³-hybridized carbons (Fsp3) is 0.484. The maximum atomic E-state index is 13.2. The van der Waals surface area contributed by atoms with Gasteiger partial charge in [0, 0.05) is 56.7 Å². The van der Waals surface area contributed by atoms with Gasteiger partial charge in [0.1, 0.15) is 22.7 Å². The first-order valence-electron chi connectivity index (χ1n) is 14.8. The first-order valence-corrected chi connectivity index (χ1v) is 15.6. The van der Waals surface area contributed by atoms with E-state index in [-0.39, 0.29) is 12.0 Å². The molecule has 0 bridgehead atoms. The highest BCUT2D eigenvalue weighted by molar-refractivity contribution is 7.20. The zero-order valence-corrected chi connectivity index (χ0v) is 25.4. The molecule has 5 heterocycles. The second kappa shape index (κ2) is 12.8. The van der Waals surface area contributed by atoms with Crippen LogP contribution in [0.25, 0.3) is 10.2 Å². The summed E-state index contributed by atoms with van der Waals surface area (Å²) in [5, 5.41) is 9.05. The Kier molecular flexibility index (Phi) is 8.68. The number of rotatable bonds is 9. The molecule has 1 amide bonds.